The zero-order chi connectivity index (χ0) is 26.9. The number of fused-ring (bicyclic) bond motifs is 8. The first-order valence-electron chi connectivity index (χ1n) is 13.9. The van der Waals surface area contributed by atoms with Gasteiger partial charge in [0.2, 0.25) is 0 Å². The van der Waals surface area contributed by atoms with E-state index in [0.717, 1.165) is 82.9 Å². The highest BCUT2D eigenvalue weighted by Crippen LogP contribution is 2.42. The zero-order valence-corrected chi connectivity index (χ0v) is 22.0. The summed E-state index contributed by atoms with van der Waals surface area (Å²) in [7, 11) is 0. The quantitative estimate of drug-likeness (QED) is 0.230. The Balaban J connectivity index is 1.25. The minimum absolute atomic E-state index is 0.904. The van der Waals surface area contributed by atoms with Crippen LogP contribution in [0.15, 0.2) is 148 Å². The topological polar surface area (TPSA) is 31.2 Å². The molecule has 6 aromatic carbocycles. The Labute approximate surface area is 235 Å². The predicted molar refractivity (Wildman–Crippen MR) is 169 cm³/mol. The van der Waals surface area contributed by atoms with Crippen molar-refractivity contribution in [3.8, 4) is 27.9 Å². The van der Waals surface area contributed by atoms with Gasteiger partial charge in [-0.2, -0.15) is 0 Å². The third-order valence-electron chi connectivity index (χ3n) is 8.20. The van der Waals surface area contributed by atoms with E-state index < -0.39 is 0 Å². The van der Waals surface area contributed by atoms with Gasteiger partial charge < -0.3 is 13.4 Å². The summed E-state index contributed by atoms with van der Waals surface area (Å²) >= 11 is 0. The van der Waals surface area contributed by atoms with Gasteiger partial charge in [0.05, 0.1) is 5.52 Å². The van der Waals surface area contributed by atoms with E-state index >= 15 is 0 Å². The van der Waals surface area contributed by atoms with E-state index in [9.17, 15) is 0 Å². The molecule has 0 saturated carbocycles. The molecule has 192 valence electrons. The summed E-state index contributed by atoms with van der Waals surface area (Å²) in [5.41, 5.74) is 11.5. The van der Waals surface area contributed by atoms with Crippen molar-refractivity contribution in [3.05, 3.63) is 140 Å². The molecule has 0 spiro atoms. The Morgan fingerprint density at radius 3 is 2.05 bits per heavy atom. The first-order chi connectivity index (χ1) is 20.3. The van der Waals surface area contributed by atoms with Crippen LogP contribution in [0.1, 0.15) is 0 Å². The molecule has 9 aromatic rings. The van der Waals surface area contributed by atoms with E-state index in [1.54, 1.807) is 0 Å². The van der Waals surface area contributed by atoms with Crippen molar-refractivity contribution in [1.29, 1.82) is 0 Å². The van der Waals surface area contributed by atoms with Gasteiger partial charge in [-0.3, -0.25) is 0 Å². The number of furan rings is 2. The lowest BCUT2D eigenvalue weighted by Gasteiger charge is -2.09. The van der Waals surface area contributed by atoms with Crippen molar-refractivity contribution in [2.45, 2.75) is 0 Å². The van der Waals surface area contributed by atoms with Crippen LogP contribution in [-0.4, -0.2) is 4.57 Å². The standard InChI is InChI=1S/C38H23NO2/c1-2-12-27(13-3-1)39-33-18-6-4-15-30(33)38-36(39)31-17-9-16-28(37(31)41-38)26-11-8-10-24(22-26)25-20-21-35-32(23-25)29-14-5-7-19-34(29)40-35/h1-23H. The number of nitrogens with zero attached hydrogens (tertiary/aromatic N) is 1. The number of hydrogen-bond donors (Lipinski definition) is 0. The van der Waals surface area contributed by atoms with Gasteiger partial charge in [-0.15, -0.1) is 0 Å². The second-order valence-corrected chi connectivity index (χ2v) is 10.5. The molecule has 0 bridgehead atoms. The Kier molecular flexibility index (Phi) is 4.61. The Hall–Kier alpha value is -5.54. The predicted octanol–water partition coefficient (Wildman–Crippen LogP) is 10.8. The van der Waals surface area contributed by atoms with Crippen LogP contribution < -0.4 is 0 Å². The molecule has 3 aromatic heterocycles. The molecule has 0 atom stereocenters. The van der Waals surface area contributed by atoms with Crippen molar-refractivity contribution in [3.63, 3.8) is 0 Å². The van der Waals surface area contributed by atoms with Crippen molar-refractivity contribution in [2.75, 3.05) is 0 Å². The maximum absolute atomic E-state index is 6.76. The molecule has 0 saturated heterocycles. The molecule has 0 fully saturated rings. The molecule has 9 rings (SSSR count). The molecule has 0 unspecified atom stereocenters. The van der Waals surface area contributed by atoms with Gasteiger partial charge >= 0.3 is 0 Å². The van der Waals surface area contributed by atoms with E-state index in [-0.39, 0.29) is 0 Å². The molecule has 3 heterocycles. The van der Waals surface area contributed by atoms with Gasteiger partial charge in [-0.1, -0.05) is 84.9 Å². The van der Waals surface area contributed by atoms with Crippen molar-refractivity contribution in [1.82, 2.24) is 4.57 Å². The number of para-hydroxylation sites is 4. The van der Waals surface area contributed by atoms with Crippen LogP contribution in [0.25, 0.3) is 82.9 Å². The summed E-state index contributed by atoms with van der Waals surface area (Å²) < 4.78 is 15.1. The average Bonchev–Trinajstić information content (AvgIpc) is 3.70. The Morgan fingerprint density at radius 1 is 0.415 bits per heavy atom. The first kappa shape index (κ1) is 22.3. The van der Waals surface area contributed by atoms with Crippen LogP contribution in [0.5, 0.6) is 0 Å². The number of aromatic nitrogens is 1. The van der Waals surface area contributed by atoms with Gasteiger partial charge in [0.25, 0.3) is 0 Å². The van der Waals surface area contributed by atoms with Crippen molar-refractivity contribution < 1.29 is 8.83 Å². The Morgan fingerprint density at radius 2 is 1.12 bits per heavy atom. The molecular weight excluding hydrogens is 502 g/mol. The van der Waals surface area contributed by atoms with E-state index in [1.807, 2.05) is 12.1 Å². The summed E-state index contributed by atoms with van der Waals surface area (Å²) in [5, 5.41) is 4.49. The number of benzene rings is 6. The lowest BCUT2D eigenvalue weighted by Crippen LogP contribution is -1.92. The summed E-state index contributed by atoms with van der Waals surface area (Å²) in [6, 6.07) is 48.8. The molecule has 3 heteroatoms. The van der Waals surface area contributed by atoms with Gasteiger partial charge in [0.1, 0.15) is 22.3 Å². The Bertz CT molecular complexity index is 2420. The smallest absolute Gasteiger partial charge is 0.161 e. The fraction of sp³-hybridized carbons (Fsp3) is 0. The molecule has 41 heavy (non-hydrogen) atoms. The van der Waals surface area contributed by atoms with Gasteiger partial charge in [-0.05, 0) is 71.3 Å². The number of hydrogen-bond acceptors (Lipinski definition) is 2. The molecule has 0 aliphatic rings. The molecule has 3 nitrogen and oxygen atoms in total. The lowest BCUT2D eigenvalue weighted by molar-refractivity contribution is 0.669. The van der Waals surface area contributed by atoms with E-state index in [4.69, 9.17) is 8.83 Å². The summed E-state index contributed by atoms with van der Waals surface area (Å²) in [4.78, 5) is 0. The van der Waals surface area contributed by atoms with E-state index in [1.165, 1.54) is 0 Å². The summed E-state index contributed by atoms with van der Waals surface area (Å²) in [5.74, 6) is 0. The fourth-order valence-corrected chi connectivity index (χ4v) is 6.34. The highest BCUT2D eigenvalue weighted by molar-refractivity contribution is 6.18. The molecule has 0 radical (unpaired) electrons. The number of rotatable bonds is 3. The van der Waals surface area contributed by atoms with Crippen molar-refractivity contribution >= 4 is 54.9 Å². The summed E-state index contributed by atoms with van der Waals surface area (Å²) in [6.07, 6.45) is 0. The SMILES string of the molecule is c1ccc(-n2c3ccccc3c3oc4c(-c5cccc(-c6ccc7oc8ccccc8c7c6)c5)cccc4c32)cc1. The van der Waals surface area contributed by atoms with E-state index in [0.29, 0.717) is 0 Å². The van der Waals surface area contributed by atoms with Crippen LogP contribution >= 0.6 is 0 Å². The maximum Gasteiger partial charge on any atom is 0.161 e. The normalized spacial score (nSPS) is 11.9. The van der Waals surface area contributed by atoms with E-state index in [2.05, 4.69) is 132 Å². The van der Waals surface area contributed by atoms with Crippen LogP contribution in [0.4, 0.5) is 0 Å². The minimum Gasteiger partial charge on any atom is -0.456 e. The van der Waals surface area contributed by atoms with Crippen LogP contribution in [0.2, 0.25) is 0 Å². The van der Waals surface area contributed by atoms with Crippen molar-refractivity contribution in [2.24, 2.45) is 0 Å². The molecule has 0 N–H and O–H groups in total. The average molecular weight is 526 g/mol. The lowest BCUT2D eigenvalue weighted by atomic mass is 9.97. The highest BCUT2D eigenvalue weighted by atomic mass is 16.3. The summed E-state index contributed by atoms with van der Waals surface area (Å²) in [6.45, 7) is 0. The maximum atomic E-state index is 6.76. The third kappa shape index (κ3) is 3.26. The highest BCUT2D eigenvalue weighted by Gasteiger charge is 2.21. The van der Waals surface area contributed by atoms with Crippen LogP contribution in [0.3, 0.4) is 0 Å². The second kappa shape index (κ2) is 8.48. The van der Waals surface area contributed by atoms with Gasteiger partial charge in [0, 0.05) is 32.8 Å². The molecular formula is C38H23NO2. The fourth-order valence-electron chi connectivity index (χ4n) is 6.34. The largest absolute Gasteiger partial charge is 0.456 e. The zero-order valence-electron chi connectivity index (χ0n) is 22.0. The van der Waals surface area contributed by atoms with Gasteiger partial charge in [0.15, 0.2) is 5.58 Å². The molecule has 0 amide bonds. The van der Waals surface area contributed by atoms with Gasteiger partial charge in [-0.25, -0.2) is 0 Å². The monoisotopic (exact) mass is 525 g/mol. The minimum atomic E-state index is 0.904. The van der Waals surface area contributed by atoms with Crippen LogP contribution in [-0.2, 0) is 0 Å². The van der Waals surface area contributed by atoms with Crippen LogP contribution in [0, 0.1) is 0 Å². The third-order valence-corrected chi connectivity index (χ3v) is 8.20. The molecule has 0 aliphatic heterocycles. The molecule has 0 aliphatic carbocycles. The second-order valence-electron chi connectivity index (χ2n) is 10.5. The first-order valence-corrected chi connectivity index (χ1v) is 13.9.